The first-order chi connectivity index (χ1) is 12.6. The summed E-state index contributed by atoms with van der Waals surface area (Å²) in [4.78, 5) is 18.8. The molecular weight excluding hydrogens is 334 g/mol. The Morgan fingerprint density at radius 3 is 3.04 bits per heavy atom. The zero-order valence-corrected chi connectivity index (χ0v) is 14.8. The zero-order chi connectivity index (χ0) is 18.1. The number of benzene rings is 1. The Morgan fingerprint density at radius 2 is 2.23 bits per heavy atom. The number of fused-ring (bicyclic) bond motifs is 1. The molecule has 8 nitrogen and oxygen atoms in total. The first-order valence-electron chi connectivity index (χ1n) is 8.50. The number of carbonyl (C=O) groups is 1. The second kappa shape index (κ2) is 6.80. The van der Waals surface area contributed by atoms with E-state index in [1.165, 1.54) is 0 Å². The summed E-state index contributed by atoms with van der Waals surface area (Å²) >= 11 is 0. The van der Waals surface area contributed by atoms with E-state index in [0.29, 0.717) is 19.0 Å². The Bertz CT molecular complexity index is 918. The molecule has 1 aliphatic rings. The molecule has 0 radical (unpaired) electrons. The topological polar surface area (TPSA) is 74.4 Å². The zero-order valence-electron chi connectivity index (χ0n) is 14.8. The van der Waals surface area contributed by atoms with E-state index in [-0.39, 0.29) is 24.6 Å². The van der Waals surface area contributed by atoms with E-state index in [9.17, 15) is 4.79 Å². The lowest BCUT2D eigenvalue weighted by atomic mass is 10.2. The van der Waals surface area contributed by atoms with Crippen molar-refractivity contribution in [3.8, 4) is 5.75 Å². The fourth-order valence-corrected chi connectivity index (χ4v) is 3.21. The van der Waals surface area contributed by atoms with Crippen molar-refractivity contribution in [3.63, 3.8) is 0 Å². The lowest BCUT2D eigenvalue weighted by Crippen LogP contribution is -2.47. The molecule has 136 valence electrons. The van der Waals surface area contributed by atoms with Crippen LogP contribution in [0.15, 0.2) is 43.0 Å². The number of likely N-dealkylation sites (N-methyl/N-ethyl adjacent to an activating group) is 1. The molecule has 4 rings (SSSR count). The van der Waals surface area contributed by atoms with Gasteiger partial charge in [0.05, 0.1) is 49.0 Å². The number of carbonyl (C=O) groups excluding carboxylic acids is 1. The van der Waals surface area contributed by atoms with Crippen molar-refractivity contribution >= 4 is 16.9 Å². The maximum Gasteiger partial charge on any atom is 0.242 e. The van der Waals surface area contributed by atoms with Crippen LogP contribution in [-0.2, 0) is 23.1 Å². The third kappa shape index (κ3) is 3.15. The maximum atomic E-state index is 12.8. The van der Waals surface area contributed by atoms with Crippen molar-refractivity contribution in [2.24, 2.45) is 7.05 Å². The fourth-order valence-electron chi connectivity index (χ4n) is 3.21. The van der Waals surface area contributed by atoms with E-state index >= 15 is 0 Å². The van der Waals surface area contributed by atoms with Gasteiger partial charge in [0.1, 0.15) is 12.6 Å². The van der Waals surface area contributed by atoms with Crippen LogP contribution in [0.3, 0.4) is 0 Å². The van der Waals surface area contributed by atoms with Gasteiger partial charge in [0.2, 0.25) is 5.91 Å². The van der Waals surface area contributed by atoms with Gasteiger partial charge < -0.3 is 18.9 Å². The standard InChI is InChI=1S/C18H21N5O3/c1-21-8-13(7-20-21)26-17-11-25-10-16(17)22(2)18(24)9-23-12-19-14-5-3-4-6-15(14)23/h3-8,12,16-17H,9-11H2,1-2H3/t16-,17+/m0/s1. The van der Waals surface area contributed by atoms with Crippen LogP contribution in [-0.4, -0.2) is 62.5 Å². The molecule has 1 aromatic carbocycles. The second-order valence-electron chi connectivity index (χ2n) is 6.48. The minimum absolute atomic E-state index is 0.0107. The van der Waals surface area contributed by atoms with Gasteiger partial charge in [-0.1, -0.05) is 12.1 Å². The molecule has 1 saturated heterocycles. The average Bonchev–Trinajstić information content (AvgIpc) is 3.36. The molecule has 3 aromatic rings. The number of ether oxygens (including phenoxy) is 2. The molecule has 1 amide bonds. The van der Waals surface area contributed by atoms with E-state index in [2.05, 4.69) is 10.1 Å². The Balaban J connectivity index is 1.45. The second-order valence-corrected chi connectivity index (χ2v) is 6.48. The smallest absolute Gasteiger partial charge is 0.242 e. The number of nitrogens with zero attached hydrogens (tertiary/aromatic N) is 5. The summed E-state index contributed by atoms with van der Waals surface area (Å²) in [5.74, 6) is 0.665. The third-order valence-corrected chi connectivity index (χ3v) is 4.69. The van der Waals surface area contributed by atoms with Crippen molar-refractivity contribution in [2.45, 2.75) is 18.7 Å². The quantitative estimate of drug-likeness (QED) is 0.685. The average molecular weight is 355 g/mol. The minimum atomic E-state index is -0.215. The van der Waals surface area contributed by atoms with Gasteiger partial charge in [0, 0.05) is 14.1 Å². The first-order valence-corrected chi connectivity index (χ1v) is 8.50. The van der Waals surface area contributed by atoms with E-state index in [1.807, 2.05) is 35.9 Å². The van der Waals surface area contributed by atoms with Gasteiger partial charge in [-0.05, 0) is 12.1 Å². The van der Waals surface area contributed by atoms with E-state index in [1.54, 1.807) is 35.4 Å². The molecule has 2 aromatic heterocycles. The normalized spacial score (nSPS) is 19.8. The Morgan fingerprint density at radius 1 is 1.38 bits per heavy atom. The highest BCUT2D eigenvalue weighted by molar-refractivity contribution is 5.80. The highest BCUT2D eigenvalue weighted by Gasteiger charge is 2.35. The molecule has 0 unspecified atom stereocenters. The molecule has 3 heterocycles. The lowest BCUT2D eigenvalue weighted by Gasteiger charge is -2.28. The van der Waals surface area contributed by atoms with Crippen molar-refractivity contribution in [1.29, 1.82) is 0 Å². The van der Waals surface area contributed by atoms with Crippen molar-refractivity contribution in [2.75, 3.05) is 20.3 Å². The van der Waals surface area contributed by atoms with E-state index in [0.717, 1.165) is 11.0 Å². The monoisotopic (exact) mass is 355 g/mol. The van der Waals surface area contributed by atoms with Crippen LogP contribution >= 0.6 is 0 Å². The van der Waals surface area contributed by atoms with E-state index in [4.69, 9.17) is 9.47 Å². The number of amides is 1. The summed E-state index contributed by atoms with van der Waals surface area (Å²) in [7, 11) is 3.63. The van der Waals surface area contributed by atoms with Crippen LogP contribution in [0.5, 0.6) is 5.75 Å². The number of imidazole rings is 1. The predicted octanol–water partition coefficient (Wildman–Crippen LogP) is 1.07. The van der Waals surface area contributed by atoms with Gasteiger partial charge in [0.25, 0.3) is 0 Å². The minimum Gasteiger partial charge on any atom is -0.482 e. The Labute approximate surface area is 150 Å². The molecule has 0 aliphatic carbocycles. The van der Waals surface area contributed by atoms with Crippen LogP contribution in [0.1, 0.15) is 0 Å². The molecule has 8 heteroatoms. The van der Waals surface area contributed by atoms with E-state index < -0.39 is 0 Å². The first kappa shape index (κ1) is 16.6. The Hall–Kier alpha value is -2.87. The molecule has 0 N–H and O–H groups in total. The van der Waals surface area contributed by atoms with Crippen LogP contribution in [0.25, 0.3) is 11.0 Å². The largest absolute Gasteiger partial charge is 0.482 e. The molecule has 1 aliphatic heterocycles. The van der Waals surface area contributed by atoms with Crippen LogP contribution < -0.4 is 4.74 Å². The van der Waals surface area contributed by atoms with Crippen LogP contribution in [0.2, 0.25) is 0 Å². The van der Waals surface area contributed by atoms with Crippen LogP contribution in [0.4, 0.5) is 0 Å². The molecular formula is C18H21N5O3. The molecule has 0 bridgehead atoms. The van der Waals surface area contributed by atoms with Crippen molar-refractivity contribution < 1.29 is 14.3 Å². The highest BCUT2D eigenvalue weighted by atomic mass is 16.5. The van der Waals surface area contributed by atoms with Gasteiger partial charge in [-0.2, -0.15) is 5.10 Å². The SMILES string of the molecule is CN(C(=O)Cn1cnc2ccccc21)[C@H]1COC[C@H]1Oc1cnn(C)c1. The summed E-state index contributed by atoms with van der Waals surface area (Å²) in [5.41, 5.74) is 1.82. The van der Waals surface area contributed by atoms with Gasteiger partial charge in [-0.15, -0.1) is 0 Å². The van der Waals surface area contributed by atoms with Gasteiger partial charge in [0.15, 0.2) is 5.75 Å². The molecule has 0 spiro atoms. The summed E-state index contributed by atoms with van der Waals surface area (Å²) in [6, 6.07) is 7.63. The maximum absolute atomic E-state index is 12.8. The number of para-hydroxylation sites is 2. The fraction of sp³-hybridized carbons (Fsp3) is 0.389. The Kier molecular flexibility index (Phi) is 4.34. The van der Waals surface area contributed by atoms with Crippen LogP contribution in [0, 0.1) is 0 Å². The number of hydrogen-bond donors (Lipinski definition) is 0. The number of hydrogen-bond acceptors (Lipinski definition) is 5. The summed E-state index contributed by atoms with van der Waals surface area (Å²) in [6.45, 7) is 1.14. The van der Waals surface area contributed by atoms with Gasteiger partial charge >= 0.3 is 0 Å². The highest BCUT2D eigenvalue weighted by Crippen LogP contribution is 2.20. The molecule has 26 heavy (non-hydrogen) atoms. The summed E-state index contributed by atoms with van der Waals surface area (Å²) in [6.07, 6.45) is 4.95. The van der Waals surface area contributed by atoms with Crippen molar-refractivity contribution in [1.82, 2.24) is 24.2 Å². The predicted molar refractivity (Wildman–Crippen MR) is 94.7 cm³/mol. The number of aromatic nitrogens is 4. The molecule has 1 fully saturated rings. The summed E-state index contributed by atoms with van der Waals surface area (Å²) < 4.78 is 15.1. The number of aryl methyl sites for hydroxylation is 1. The number of rotatable bonds is 5. The van der Waals surface area contributed by atoms with Crippen molar-refractivity contribution in [3.05, 3.63) is 43.0 Å². The van der Waals surface area contributed by atoms with Gasteiger partial charge in [-0.25, -0.2) is 4.98 Å². The van der Waals surface area contributed by atoms with Gasteiger partial charge in [-0.3, -0.25) is 9.48 Å². The molecule has 2 atom stereocenters. The lowest BCUT2D eigenvalue weighted by molar-refractivity contribution is -0.133. The molecule has 0 saturated carbocycles. The third-order valence-electron chi connectivity index (χ3n) is 4.69. The summed E-state index contributed by atoms with van der Waals surface area (Å²) in [5, 5.41) is 4.10.